The number of hydrogen-bond donors (Lipinski definition) is 1. The fourth-order valence-electron chi connectivity index (χ4n) is 2.04. The van der Waals surface area contributed by atoms with Crippen LogP contribution in [-0.4, -0.2) is 36.4 Å². The van der Waals surface area contributed by atoms with Gasteiger partial charge in [-0.15, -0.1) is 0 Å². The molecular weight excluding hydrogens is 268 g/mol. The smallest absolute Gasteiger partial charge is 0.320 e. The Hall–Kier alpha value is -1.91. The SMILES string of the molecule is CCOc1ccccc1OCNC(=O)N(CC)C(C)(C)C. The number of rotatable bonds is 6. The highest BCUT2D eigenvalue weighted by Gasteiger charge is 2.24. The number of para-hydroxylation sites is 2. The van der Waals surface area contributed by atoms with Crippen LogP contribution in [0.4, 0.5) is 4.79 Å². The van der Waals surface area contributed by atoms with E-state index in [4.69, 9.17) is 9.47 Å². The maximum atomic E-state index is 12.1. The van der Waals surface area contributed by atoms with Crippen molar-refractivity contribution >= 4 is 6.03 Å². The molecule has 0 spiro atoms. The number of benzene rings is 1. The Morgan fingerprint density at radius 3 is 2.19 bits per heavy atom. The summed E-state index contributed by atoms with van der Waals surface area (Å²) in [6, 6.07) is 7.27. The first kappa shape index (κ1) is 17.1. The third-order valence-corrected chi connectivity index (χ3v) is 2.97. The third kappa shape index (κ3) is 5.17. The van der Waals surface area contributed by atoms with Gasteiger partial charge in [0.15, 0.2) is 18.2 Å². The maximum Gasteiger partial charge on any atom is 0.320 e. The van der Waals surface area contributed by atoms with E-state index < -0.39 is 0 Å². The lowest BCUT2D eigenvalue weighted by Gasteiger charge is -2.34. The van der Waals surface area contributed by atoms with Gasteiger partial charge in [-0.1, -0.05) is 12.1 Å². The lowest BCUT2D eigenvalue weighted by atomic mass is 10.1. The Labute approximate surface area is 127 Å². The molecule has 5 heteroatoms. The Bertz CT molecular complexity index is 455. The topological polar surface area (TPSA) is 50.8 Å². The molecule has 0 heterocycles. The Morgan fingerprint density at radius 1 is 1.14 bits per heavy atom. The van der Waals surface area contributed by atoms with Gasteiger partial charge < -0.3 is 19.7 Å². The highest BCUT2D eigenvalue weighted by Crippen LogP contribution is 2.26. The molecule has 0 fully saturated rings. The summed E-state index contributed by atoms with van der Waals surface area (Å²) in [5.74, 6) is 1.30. The number of nitrogens with zero attached hydrogens (tertiary/aromatic N) is 1. The maximum absolute atomic E-state index is 12.1. The van der Waals surface area contributed by atoms with E-state index in [1.807, 2.05) is 58.9 Å². The van der Waals surface area contributed by atoms with Gasteiger partial charge in [0.2, 0.25) is 0 Å². The fourth-order valence-corrected chi connectivity index (χ4v) is 2.04. The van der Waals surface area contributed by atoms with Gasteiger partial charge in [0.25, 0.3) is 0 Å². The summed E-state index contributed by atoms with van der Waals surface area (Å²) in [5, 5.41) is 2.77. The lowest BCUT2D eigenvalue weighted by molar-refractivity contribution is 0.140. The first-order chi connectivity index (χ1) is 9.90. The molecule has 0 atom stereocenters. The molecule has 1 N–H and O–H groups in total. The van der Waals surface area contributed by atoms with Crippen molar-refractivity contribution in [3.05, 3.63) is 24.3 Å². The van der Waals surface area contributed by atoms with Crippen molar-refractivity contribution < 1.29 is 14.3 Å². The number of ether oxygens (including phenoxy) is 2. The summed E-state index contributed by atoms with van der Waals surface area (Å²) < 4.78 is 11.1. The average Bonchev–Trinajstić information content (AvgIpc) is 2.40. The quantitative estimate of drug-likeness (QED) is 0.819. The first-order valence-electron chi connectivity index (χ1n) is 7.30. The zero-order chi connectivity index (χ0) is 15.9. The van der Waals surface area contributed by atoms with Crippen LogP contribution in [0.3, 0.4) is 0 Å². The van der Waals surface area contributed by atoms with Gasteiger partial charge in [0.1, 0.15) is 0 Å². The Morgan fingerprint density at radius 2 is 1.71 bits per heavy atom. The van der Waals surface area contributed by atoms with Crippen LogP contribution >= 0.6 is 0 Å². The second-order valence-electron chi connectivity index (χ2n) is 5.57. The molecular formula is C16H26N2O3. The number of carbonyl (C=O) groups is 1. The standard InChI is InChI=1S/C16H26N2O3/c1-6-18(16(3,4)5)15(19)17-12-21-14-11-9-8-10-13(14)20-7-2/h8-11H,6-7,12H2,1-5H3,(H,17,19). The van der Waals surface area contributed by atoms with Gasteiger partial charge in [-0.2, -0.15) is 0 Å². The van der Waals surface area contributed by atoms with Crippen LogP contribution < -0.4 is 14.8 Å². The van der Waals surface area contributed by atoms with E-state index in [1.165, 1.54) is 0 Å². The summed E-state index contributed by atoms with van der Waals surface area (Å²) in [6.07, 6.45) is 0. The van der Waals surface area contributed by atoms with Crippen molar-refractivity contribution in [2.45, 2.75) is 40.2 Å². The van der Waals surface area contributed by atoms with Gasteiger partial charge in [0.05, 0.1) is 6.61 Å². The minimum atomic E-state index is -0.220. The molecule has 0 saturated carbocycles. The average molecular weight is 294 g/mol. The van der Waals surface area contributed by atoms with Crippen molar-refractivity contribution in [2.75, 3.05) is 19.9 Å². The number of amides is 2. The van der Waals surface area contributed by atoms with Crippen LogP contribution in [0, 0.1) is 0 Å². The summed E-state index contributed by atoms with van der Waals surface area (Å²) in [5.41, 5.74) is -0.220. The number of urea groups is 1. The van der Waals surface area contributed by atoms with Crippen LogP contribution in [-0.2, 0) is 0 Å². The van der Waals surface area contributed by atoms with Gasteiger partial charge in [0, 0.05) is 12.1 Å². The first-order valence-corrected chi connectivity index (χ1v) is 7.30. The molecule has 0 aliphatic heterocycles. The van der Waals surface area contributed by atoms with Gasteiger partial charge in [-0.3, -0.25) is 0 Å². The molecule has 0 bridgehead atoms. The number of carbonyl (C=O) groups excluding carboxylic acids is 1. The highest BCUT2D eigenvalue weighted by molar-refractivity contribution is 5.74. The summed E-state index contributed by atoms with van der Waals surface area (Å²) in [4.78, 5) is 13.9. The molecule has 1 aromatic carbocycles. The number of hydrogen-bond acceptors (Lipinski definition) is 3. The van der Waals surface area contributed by atoms with E-state index in [0.29, 0.717) is 24.7 Å². The van der Waals surface area contributed by atoms with Crippen molar-refractivity contribution in [3.8, 4) is 11.5 Å². The second-order valence-corrected chi connectivity index (χ2v) is 5.57. The normalized spacial score (nSPS) is 10.9. The Balaban J connectivity index is 2.55. The number of nitrogens with one attached hydrogen (secondary N) is 1. The zero-order valence-corrected chi connectivity index (χ0v) is 13.6. The van der Waals surface area contributed by atoms with Crippen LogP contribution in [0.1, 0.15) is 34.6 Å². The third-order valence-electron chi connectivity index (χ3n) is 2.97. The summed E-state index contributed by atoms with van der Waals surface area (Å²) >= 11 is 0. The van der Waals surface area contributed by atoms with Crippen molar-refractivity contribution in [1.82, 2.24) is 10.2 Å². The molecule has 0 aliphatic rings. The minimum absolute atomic E-state index is 0.107. The van der Waals surface area contributed by atoms with Gasteiger partial charge in [-0.25, -0.2) is 4.79 Å². The fraction of sp³-hybridized carbons (Fsp3) is 0.562. The van der Waals surface area contributed by atoms with Crippen molar-refractivity contribution in [3.63, 3.8) is 0 Å². The van der Waals surface area contributed by atoms with Crippen LogP contribution in [0.15, 0.2) is 24.3 Å². The molecule has 0 unspecified atom stereocenters. The van der Waals surface area contributed by atoms with E-state index in [-0.39, 0.29) is 18.3 Å². The van der Waals surface area contributed by atoms with Crippen LogP contribution in [0.25, 0.3) is 0 Å². The van der Waals surface area contributed by atoms with E-state index in [2.05, 4.69) is 5.32 Å². The van der Waals surface area contributed by atoms with E-state index >= 15 is 0 Å². The highest BCUT2D eigenvalue weighted by atomic mass is 16.5. The molecule has 118 valence electrons. The predicted molar refractivity (Wildman–Crippen MR) is 83.8 cm³/mol. The molecule has 1 aromatic rings. The molecule has 21 heavy (non-hydrogen) atoms. The Kier molecular flexibility index (Phi) is 6.34. The summed E-state index contributed by atoms with van der Waals surface area (Å²) in [7, 11) is 0. The minimum Gasteiger partial charge on any atom is -0.490 e. The monoisotopic (exact) mass is 294 g/mol. The van der Waals surface area contributed by atoms with Gasteiger partial charge in [-0.05, 0) is 46.8 Å². The zero-order valence-electron chi connectivity index (χ0n) is 13.6. The molecule has 0 aliphatic carbocycles. The molecule has 0 aromatic heterocycles. The molecule has 0 saturated heterocycles. The second kappa shape index (κ2) is 7.76. The van der Waals surface area contributed by atoms with Crippen LogP contribution in [0.2, 0.25) is 0 Å². The molecule has 5 nitrogen and oxygen atoms in total. The molecule has 2 amide bonds. The van der Waals surface area contributed by atoms with E-state index in [0.717, 1.165) is 0 Å². The lowest BCUT2D eigenvalue weighted by Crippen LogP contribution is -2.50. The van der Waals surface area contributed by atoms with Crippen molar-refractivity contribution in [2.24, 2.45) is 0 Å². The van der Waals surface area contributed by atoms with E-state index in [9.17, 15) is 4.79 Å². The largest absolute Gasteiger partial charge is 0.490 e. The predicted octanol–water partition coefficient (Wildman–Crippen LogP) is 3.25. The van der Waals surface area contributed by atoms with Crippen LogP contribution in [0.5, 0.6) is 11.5 Å². The van der Waals surface area contributed by atoms with Gasteiger partial charge >= 0.3 is 6.03 Å². The summed E-state index contributed by atoms with van der Waals surface area (Å²) in [6.45, 7) is 11.2. The molecule has 1 rings (SSSR count). The van der Waals surface area contributed by atoms with Crippen molar-refractivity contribution in [1.29, 1.82) is 0 Å². The molecule has 0 radical (unpaired) electrons. The van der Waals surface area contributed by atoms with E-state index in [1.54, 1.807) is 4.90 Å².